The average molecular weight is 1010 g/mol. The first-order valence-electron chi connectivity index (χ1n) is 24.2. The standard InChI is InChI=1S/C49H82O17P2/c1-3-5-6-7-8-9-10-11-12-13-14-17-21-24-27-30-33-37-43(52)64-41(39-63-68(60,61)66-49-46(55)44(53)45(54)48(47(49)56)65-67(57,58)59)38-62-42(51)36-32-29-26-23-20-18-15-16-19-22-25-28-31-35-40(50)34-4-2/h11-12,14-15,17-19,22-24,26-28,31,40-41,44-50,53-56H,3-10,13,16,20-21,25,29-30,32-39H2,1-2H3,(H,60,61)(H2,57,58,59)/b12-11-,17-14-,18-15-,22-19-,26-23-,27-24-,31-28-/t40?,41-,44?,45?,46?,47?,48-,49+/m1/s1. The van der Waals surface area contributed by atoms with Crippen molar-refractivity contribution in [1.82, 2.24) is 0 Å². The van der Waals surface area contributed by atoms with E-state index < -0.39 is 83.5 Å². The van der Waals surface area contributed by atoms with Gasteiger partial charge in [-0.25, -0.2) is 9.13 Å². The highest BCUT2D eigenvalue weighted by molar-refractivity contribution is 7.47. The second-order valence-electron chi connectivity index (χ2n) is 16.6. The Morgan fingerprint density at radius 3 is 1.50 bits per heavy atom. The minimum absolute atomic E-state index is 0.0150. The number of hydrogen-bond acceptors (Lipinski definition) is 14. The van der Waals surface area contributed by atoms with Crippen LogP contribution < -0.4 is 0 Å². The van der Waals surface area contributed by atoms with E-state index in [1.54, 1.807) is 0 Å². The number of allylic oxidation sites excluding steroid dienone is 13. The number of rotatable bonds is 39. The predicted molar refractivity (Wildman–Crippen MR) is 261 cm³/mol. The molecule has 8 N–H and O–H groups in total. The summed E-state index contributed by atoms with van der Waals surface area (Å²) in [5.41, 5.74) is 0. The summed E-state index contributed by atoms with van der Waals surface area (Å²) in [4.78, 5) is 54.3. The second kappa shape index (κ2) is 38.8. The van der Waals surface area contributed by atoms with E-state index in [0.29, 0.717) is 38.5 Å². The van der Waals surface area contributed by atoms with Crippen LogP contribution in [0.4, 0.5) is 0 Å². The van der Waals surface area contributed by atoms with E-state index in [1.807, 2.05) is 49.5 Å². The van der Waals surface area contributed by atoms with E-state index in [2.05, 4.69) is 54.0 Å². The molecule has 0 saturated heterocycles. The third kappa shape index (κ3) is 32.9. The molecule has 0 aromatic carbocycles. The number of unbranched alkanes of at least 4 members (excludes halogenated alkanes) is 8. The zero-order valence-electron chi connectivity index (χ0n) is 40.1. The van der Waals surface area contributed by atoms with Crippen LogP contribution in [-0.4, -0.2) is 114 Å². The lowest BCUT2D eigenvalue weighted by Gasteiger charge is -2.43. The zero-order chi connectivity index (χ0) is 50.5. The lowest BCUT2D eigenvalue weighted by Crippen LogP contribution is -2.64. The van der Waals surface area contributed by atoms with Gasteiger partial charge in [0.2, 0.25) is 0 Å². The normalized spacial score (nSPS) is 22.4. The quantitative estimate of drug-likeness (QED) is 0.0124. The largest absolute Gasteiger partial charge is 0.472 e. The molecule has 0 aliphatic heterocycles. The molecule has 390 valence electrons. The van der Waals surface area contributed by atoms with E-state index in [1.165, 1.54) is 38.5 Å². The molecule has 17 nitrogen and oxygen atoms in total. The summed E-state index contributed by atoms with van der Waals surface area (Å²) in [6, 6.07) is 0. The molecule has 1 rings (SSSR count). The molecule has 0 aromatic rings. The van der Waals surface area contributed by atoms with E-state index in [9.17, 15) is 58.9 Å². The van der Waals surface area contributed by atoms with Crippen LogP contribution in [-0.2, 0) is 41.8 Å². The SMILES string of the molecule is CCCCCCCC/C=C\C/C=C\C/C=C\CCCC(=O)O[C@H](COC(=O)CCC/C=C\C/C=C\C/C=C\C/C=C\CC(O)CCC)COP(=O)(O)O[C@H]1C(O)C(O)C(O)[C@@H](OP(=O)(O)O)C1O. The molecule has 0 aromatic heterocycles. The van der Waals surface area contributed by atoms with Crippen molar-refractivity contribution in [2.24, 2.45) is 0 Å². The Labute approximate surface area is 404 Å². The van der Waals surface area contributed by atoms with Gasteiger partial charge in [-0.3, -0.25) is 23.2 Å². The van der Waals surface area contributed by atoms with Crippen molar-refractivity contribution in [3.63, 3.8) is 0 Å². The fraction of sp³-hybridized carbons (Fsp3) is 0.673. The van der Waals surface area contributed by atoms with Crippen molar-refractivity contribution >= 4 is 27.6 Å². The Bertz CT molecular complexity index is 1650. The molecule has 0 amide bonds. The molecule has 1 aliphatic rings. The lowest BCUT2D eigenvalue weighted by atomic mass is 9.85. The summed E-state index contributed by atoms with van der Waals surface area (Å²) in [5.74, 6) is -1.36. The van der Waals surface area contributed by atoms with Crippen LogP contribution in [0.25, 0.3) is 0 Å². The van der Waals surface area contributed by atoms with Gasteiger partial charge in [-0.1, -0.05) is 137 Å². The van der Waals surface area contributed by atoms with Gasteiger partial charge in [-0.15, -0.1) is 0 Å². The molecule has 19 heteroatoms. The fourth-order valence-corrected chi connectivity index (χ4v) is 8.29. The predicted octanol–water partition coefficient (Wildman–Crippen LogP) is 8.36. The first-order valence-corrected chi connectivity index (χ1v) is 27.2. The van der Waals surface area contributed by atoms with Crippen molar-refractivity contribution < 1.29 is 82.0 Å². The van der Waals surface area contributed by atoms with Gasteiger partial charge in [-0.05, 0) is 83.5 Å². The lowest BCUT2D eigenvalue weighted by molar-refractivity contribution is -0.216. The highest BCUT2D eigenvalue weighted by atomic mass is 31.2. The number of esters is 2. The molecule has 0 spiro atoms. The molecular formula is C49H82O17P2. The molecule has 9 atom stereocenters. The molecule has 1 saturated carbocycles. The summed E-state index contributed by atoms with van der Waals surface area (Å²) in [5, 5.41) is 51.0. The minimum Gasteiger partial charge on any atom is -0.462 e. The Kier molecular flexibility index (Phi) is 36.1. The van der Waals surface area contributed by atoms with Crippen LogP contribution in [0, 0.1) is 0 Å². The van der Waals surface area contributed by atoms with E-state index in [-0.39, 0.29) is 18.9 Å². The van der Waals surface area contributed by atoms with E-state index >= 15 is 0 Å². The molecule has 68 heavy (non-hydrogen) atoms. The number of carbonyl (C=O) groups excluding carboxylic acids is 2. The maximum atomic E-state index is 13.0. The molecule has 1 aliphatic carbocycles. The maximum Gasteiger partial charge on any atom is 0.472 e. The van der Waals surface area contributed by atoms with Crippen LogP contribution in [0.1, 0.15) is 149 Å². The second-order valence-corrected chi connectivity index (χ2v) is 19.2. The molecule has 0 radical (unpaired) electrons. The van der Waals surface area contributed by atoms with Gasteiger partial charge in [0.25, 0.3) is 0 Å². The number of aliphatic hydroxyl groups is 5. The van der Waals surface area contributed by atoms with Crippen LogP contribution in [0.15, 0.2) is 85.1 Å². The van der Waals surface area contributed by atoms with E-state index in [0.717, 1.165) is 44.9 Å². The van der Waals surface area contributed by atoms with Crippen LogP contribution in [0.5, 0.6) is 0 Å². The number of phosphoric ester groups is 2. The van der Waals surface area contributed by atoms with Crippen molar-refractivity contribution in [3.05, 3.63) is 85.1 Å². The topological polar surface area (TPSA) is 276 Å². The van der Waals surface area contributed by atoms with Gasteiger partial charge in [-0.2, -0.15) is 0 Å². The van der Waals surface area contributed by atoms with Gasteiger partial charge in [0.15, 0.2) is 6.10 Å². The van der Waals surface area contributed by atoms with Crippen LogP contribution in [0.3, 0.4) is 0 Å². The Balaban J connectivity index is 2.67. The minimum atomic E-state index is -5.38. The maximum absolute atomic E-state index is 13.0. The first kappa shape index (κ1) is 63.2. The first-order chi connectivity index (χ1) is 32.5. The van der Waals surface area contributed by atoms with Crippen molar-refractivity contribution in [3.8, 4) is 0 Å². The molecule has 1 fully saturated rings. The smallest absolute Gasteiger partial charge is 0.462 e. The Hall–Kier alpha value is -2.86. The molecular weight excluding hydrogens is 922 g/mol. The number of ether oxygens (including phenoxy) is 2. The highest BCUT2D eigenvalue weighted by Crippen LogP contribution is 2.49. The van der Waals surface area contributed by atoms with Crippen molar-refractivity contribution in [2.45, 2.75) is 198 Å². The number of carbonyl (C=O) groups is 2. The summed E-state index contributed by atoms with van der Waals surface area (Å²) in [6.45, 7) is 2.81. The van der Waals surface area contributed by atoms with Gasteiger partial charge >= 0.3 is 27.6 Å². The van der Waals surface area contributed by atoms with Crippen molar-refractivity contribution in [2.75, 3.05) is 13.2 Å². The van der Waals surface area contributed by atoms with Gasteiger partial charge in [0, 0.05) is 12.8 Å². The number of phosphoric acid groups is 2. The van der Waals surface area contributed by atoms with Gasteiger partial charge in [0.05, 0.1) is 12.7 Å². The van der Waals surface area contributed by atoms with Gasteiger partial charge < -0.3 is 49.7 Å². The fourth-order valence-electron chi connectivity index (χ4n) is 6.75. The van der Waals surface area contributed by atoms with Crippen LogP contribution >= 0.6 is 15.6 Å². The summed E-state index contributed by atoms with van der Waals surface area (Å²) < 4.78 is 49.2. The highest BCUT2D eigenvalue weighted by Gasteiger charge is 2.54. The molecule has 0 heterocycles. The monoisotopic (exact) mass is 1000 g/mol. The number of aliphatic hydroxyl groups excluding tert-OH is 5. The third-order valence-corrected chi connectivity index (χ3v) is 12.0. The summed E-state index contributed by atoms with van der Waals surface area (Å²) in [6.07, 6.45) is 30.4. The summed E-state index contributed by atoms with van der Waals surface area (Å²) in [7, 11) is -10.7. The Morgan fingerprint density at radius 1 is 0.529 bits per heavy atom. The van der Waals surface area contributed by atoms with Crippen molar-refractivity contribution in [1.29, 1.82) is 0 Å². The van der Waals surface area contributed by atoms with Crippen LogP contribution in [0.2, 0.25) is 0 Å². The molecule has 6 unspecified atom stereocenters. The Morgan fingerprint density at radius 2 is 0.985 bits per heavy atom. The summed E-state index contributed by atoms with van der Waals surface area (Å²) >= 11 is 0. The van der Waals surface area contributed by atoms with E-state index in [4.69, 9.17) is 18.5 Å². The average Bonchev–Trinajstić information content (AvgIpc) is 3.29. The van der Waals surface area contributed by atoms with Gasteiger partial charge in [0.1, 0.15) is 43.2 Å². The molecule has 0 bridgehead atoms. The zero-order valence-corrected chi connectivity index (χ0v) is 41.9. The number of hydrogen-bond donors (Lipinski definition) is 8. The third-order valence-electron chi connectivity index (χ3n) is 10.5.